The summed E-state index contributed by atoms with van der Waals surface area (Å²) < 4.78 is 6.88. The van der Waals surface area contributed by atoms with Crippen LogP contribution in [-0.4, -0.2) is 37.9 Å². The zero-order chi connectivity index (χ0) is 14.2. The number of hydrogen-bond donors (Lipinski definition) is 0. The molecule has 0 aliphatic rings. The van der Waals surface area contributed by atoms with E-state index in [-0.39, 0.29) is 0 Å². The van der Waals surface area contributed by atoms with Gasteiger partial charge in [0.1, 0.15) is 0 Å². The summed E-state index contributed by atoms with van der Waals surface area (Å²) in [6, 6.07) is 0.431. The minimum absolute atomic E-state index is 0.358. The molecule has 0 aliphatic carbocycles. The second-order valence-electron chi connectivity index (χ2n) is 4.89. The third-order valence-electron chi connectivity index (χ3n) is 3.11. The molecule has 0 spiro atoms. The van der Waals surface area contributed by atoms with Crippen LogP contribution in [0, 0.1) is 6.92 Å². The lowest BCUT2D eigenvalue weighted by Gasteiger charge is -2.20. The van der Waals surface area contributed by atoms with Crippen LogP contribution in [0.2, 0.25) is 5.02 Å². The average Bonchev–Trinajstić information content (AvgIpc) is 2.87. The summed E-state index contributed by atoms with van der Waals surface area (Å²) in [6.45, 7) is 6.74. The summed E-state index contributed by atoms with van der Waals surface area (Å²) in [6.07, 6.45) is 0. The van der Waals surface area contributed by atoms with Crippen LogP contribution >= 0.6 is 11.6 Å². The van der Waals surface area contributed by atoms with Gasteiger partial charge in [0.05, 0.1) is 10.7 Å². The molecular formula is C12H18ClN5O. The molecule has 104 valence electrons. The molecule has 0 saturated heterocycles. The highest BCUT2D eigenvalue weighted by Crippen LogP contribution is 2.29. The van der Waals surface area contributed by atoms with Gasteiger partial charge in [-0.15, -0.1) is 0 Å². The zero-order valence-corrected chi connectivity index (χ0v) is 12.6. The lowest BCUT2D eigenvalue weighted by Crippen LogP contribution is -2.26. The Morgan fingerprint density at radius 3 is 2.63 bits per heavy atom. The van der Waals surface area contributed by atoms with Crippen molar-refractivity contribution in [3.63, 3.8) is 0 Å². The summed E-state index contributed by atoms with van der Waals surface area (Å²) in [7, 11) is 3.91. The fraction of sp³-hybridized carbons (Fsp3) is 0.583. The van der Waals surface area contributed by atoms with Crippen molar-refractivity contribution in [3.8, 4) is 11.6 Å². The molecule has 0 unspecified atom stereocenters. The molecule has 7 heteroatoms. The Morgan fingerprint density at radius 2 is 2.11 bits per heavy atom. The molecule has 2 rings (SSSR count). The largest absolute Gasteiger partial charge is 0.332 e. The Balaban J connectivity index is 2.34. The maximum atomic E-state index is 6.38. The highest BCUT2D eigenvalue weighted by molar-refractivity contribution is 6.33. The van der Waals surface area contributed by atoms with E-state index < -0.39 is 0 Å². The first-order chi connectivity index (χ1) is 8.90. The quantitative estimate of drug-likeness (QED) is 0.861. The molecule has 2 aromatic rings. The number of rotatable bonds is 4. The van der Waals surface area contributed by atoms with E-state index in [1.54, 1.807) is 11.6 Å². The molecule has 2 heterocycles. The van der Waals surface area contributed by atoms with Crippen molar-refractivity contribution in [2.45, 2.75) is 33.4 Å². The van der Waals surface area contributed by atoms with E-state index in [1.807, 2.05) is 14.1 Å². The van der Waals surface area contributed by atoms with Gasteiger partial charge in [-0.3, -0.25) is 9.58 Å². The third-order valence-corrected chi connectivity index (χ3v) is 3.51. The van der Waals surface area contributed by atoms with Crippen LogP contribution in [0.15, 0.2) is 4.52 Å². The fourth-order valence-electron chi connectivity index (χ4n) is 1.65. The van der Waals surface area contributed by atoms with Crippen molar-refractivity contribution in [1.29, 1.82) is 0 Å². The summed E-state index contributed by atoms with van der Waals surface area (Å²) in [4.78, 5) is 6.35. The molecule has 2 aromatic heterocycles. The number of aryl methyl sites for hydroxylation is 2. The summed E-state index contributed by atoms with van der Waals surface area (Å²) in [5.74, 6) is 0.925. The number of hydrogen-bond acceptors (Lipinski definition) is 5. The van der Waals surface area contributed by atoms with Crippen molar-refractivity contribution in [2.75, 3.05) is 7.05 Å². The van der Waals surface area contributed by atoms with Gasteiger partial charge in [-0.1, -0.05) is 16.8 Å². The monoisotopic (exact) mass is 283 g/mol. The first-order valence-corrected chi connectivity index (χ1v) is 6.50. The molecule has 19 heavy (non-hydrogen) atoms. The van der Waals surface area contributed by atoms with Crippen LogP contribution < -0.4 is 0 Å². The molecule has 0 saturated carbocycles. The lowest BCUT2D eigenvalue weighted by atomic mass is 10.3. The number of aromatic nitrogens is 4. The summed E-state index contributed by atoms with van der Waals surface area (Å²) >= 11 is 6.38. The van der Waals surface area contributed by atoms with Crippen molar-refractivity contribution in [1.82, 2.24) is 24.8 Å². The van der Waals surface area contributed by atoms with E-state index in [1.165, 1.54) is 0 Å². The van der Waals surface area contributed by atoms with Crippen LogP contribution in [0.5, 0.6) is 0 Å². The third kappa shape index (κ3) is 2.79. The van der Waals surface area contributed by atoms with Crippen LogP contribution in [0.25, 0.3) is 11.6 Å². The van der Waals surface area contributed by atoms with Gasteiger partial charge >= 0.3 is 0 Å². The highest BCUT2D eigenvalue weighted by Gasteiger charge is 2.21. The Hall–Kier alpha value is -1.40. The molecular weight excluding hydrogens is 266 g/mol. The van der Waals surface area contributed by atoms with E-state index in [0.717, 1.165) is 5.69 Å². The van der Waals surface area contributed by atoms with Crippen LogP contribution in [0.1, 0.15) is 25.4 Å². The SMILES string of the molecule is Cc1noc(-c2nn(C)c(CN(C)C(C)C)c2Cl)n1. The second-order valence-corrected chi connectivity index (χ2v) is 5.27. The molecule has 0 radical (unpaired) electrons. The predicted octanol–water partition coefficient (Wildman–Crippen LogP) is 2.27. The minimum atomic E-state index is 0.358. The molecule has 0 bridgehead atoms. The predicted molar refractivity (Wildman–Crippen MR) is 72.9 cm³/mol. The molecule has 0 N–H and O–H groups in total. The first-order valence-electron chi connectivity index (χ1n) is 6.12. The fourth-order valence-corrected chi connectivity index (χ4v) is 1.95. The zero-order valence-electron chi connectivity index (χ0n) is 11.8. The van der Waals surface area contributed by atoms with E-state index in [9.17, 15) is 0 Å². The van der Waals surface area contributed by atoms with Crippen LogP contribution in [0.4, 0.5) is 0 Å². The smallest absolute Gasteiger partial charge is 0.279 e. The maximum Gasteiger partial charge on any atom is 0.279 e. The molecule has 0 amide bonds. The topological polar surface area (TPSA) is 60.0 Å². The van der Waals surface area contributed by atoms with Crippen molar-refractivity contribution in [2.24, 2.45) is 7.05 Å². The molecule has 0 aliphatic heterocycles. The number of halogens is 1. The molecule has 6 nitrogen and oxygen atoms in total. The van der Waals surface area contributed by atoms with E-state index in [4.69, 9.17) is 16.1 Å². The van der Waals surface area contributed by atoms with Crippen molar-refractivity contribution < 1.29 is 4.52 Å². The van der Waals surface area contributed by atoms with Gasteiger partial charge in [-0.25, -0.2) is 0 Å². The lowest BCUT2D eigenvalue weighted by molar-refractivity contribution is 0.259. The second kappa shape index (κ2) is 5.30. The molecule has 0 fully saturated rings. The van der Waals surface area contributed by atoms with Crippen LogP contribution in [0.3, 0.4) is 0 Å². The van der Waals surface area contributed by atoms with Gasteiger partial charge in [0.2, 0.25) is 0 Å². The van der Waals surface area contributed by atoms with Gasteiger partial charge < -0.3 is 4.52 Å². The van der Waals surface area contributed by atoms with E-state index >= 15 is 0 Å². The van der Waals surface area contributed by atoms with Crippen LogP contribution in [-0.2, 0) is 13.6 Å². The van der Waals surface area contributed by atoms with Gasteiger partial charge in [0.25, 0.3) is 5.89 Å². The van der Waals surface area contributed by atoms with Crippen molar-refractivity contribution >= 4 is 11.6 Å². The first kappa shape index (κ1) is 14.0. The van der Waals surface area contributed by atoms with Gasteiger partial charge in [0.15, 0.2) is 11.5 Å². The Bertz CT molecular complexity index is 575. The Morgan fingerprint density at radius 1 is 1.42 bits per heavy atom. The standard InChI is InChI=1S/C12H18ClN5O/c1-7(2)17(4)6-9-10(13)11(15-18(9)5)12-14-8(3)16-19-12/h7H,6H2,1-5H3. The maximum absolute atomic E-state index is 6.38. The highest BCUT2D eigenvalue weighted by atomic mass is 35.5. The molecule has 0 aromatic carbocycles. The summed E-state index contributed by atoms with van der Waals surface area (Å²) in [5, 5.41) is 8.69. The Kier molecular flexibility index (Phi) is 3.91. The minimum Gasteiger partial charge on any atom is -0.332 e. The normalized spacial score (nSPS) is 11.8. The van der Waals surface area contributed by atoms with E-state index in [2.05, 4.69) is 34.0 Å². The van der Waals surface area contributed by atoms with Gasteiger partial charge in [-0.05, 0) is 27.8 Å². The van der Waals surface area contributed by atoms with E-state index in [0.29, 0.717) is 35.0 Å². The van der Waals surface area contributed by atoms with Gasteiger partial charge in [0, 0.05) is 19.6 Å². The van der Waals surface area contributed by atoms with Gasteiger partial charge in [-0.2, -0.15) is 10.1 Å². The average molecular weight is 284 g/mol. The number of nitrogens with zero attached hydrogens (tertiary/aromatic N) is 5. The summed E-state index contributed by atoms with van der Waals surface area (Å²) in [5.41, 5.74) is 1.47. The van der Waals surface area contributed by atoms with Crippen molar-refractivity contribution in [3.05, 3.63) is 16.5 Å². The molecule has 0 atom stereocenters. The Labute approximate surface area is 117 Å².